The molecular weight excluding hydrogens is 280 g/mol. The summed E-state index contributed by atoms with van der Waals surface area (Å²) in [4.78, 5) is 16.6. The molecule has 1 aromatic heterocycles. The van der Waals surface area contributed by atoms with Gasteiger partial charge in [-0.3, -0.25) is 9.69 Å². The zero-order chi connectivity index (χ0) is 16.1. The lowest BCUT2D eigenvalue weighted by molar-refractivity contribution is -0.137. The number of piperazine rings is 1. The Bertz CT molecular complexity index is 474. The van der Waals surface area contributed by atoms with Crippen LogP contribution in [0.2, 0.25) is 0 Å². The SMILES string of the molecule is CCC(CC)C(=O)N1CCN(Cc2nnc(C(C)C)o2)CC1. The van der Waals surface area contributed by atoms with E-state index in [1.54, 1.807) is 0 Å². The molecule has 1 aliphatic rings. The van der Waals surface area contributed by atoms with Crippen LogP contribution >= 0.6 is 0 Å². The molecule has 2 heterocycles. The summed E-state index contributed by atoms with van der Waals surface area (Å²) in [5.41, 5.74) is 0. The second-order valence-electron chi connectivity index (χ2n) is 6.30. The van der Waals surface area contributed by atoms with E-state index in [1.165, 1.54) is 0 Å². The fourth-order valence-electron chi connectivity index (χ4n) is 2.78. The summed E-state index contributed by atoms with van der Waals surface area (Å²) in [5.74, 6) is 2.11. The zero-order valence-electron chi connectivity index (χ0n) is 14.2. The third-order valence-electron chi connectivity index (χ3n) is 4.35. The number of nitrogens with zero attached hydrogens (tertiary/aromatic N) is 4. The largest absolute Gasteiger partial charge is 0.424 e. The van der Waals surface area contributed by atoms with E-state index in [-0.39, 0.29) is 11.8 Å². The Labute approximate surface area is 132 Å². The highest BCUT2D eigenvalue weighted by atomic mass is 16.4. The van der Waals surface area contributed by atoms with Crippen molar-refractivity contribution in [1.29, 1.82) is 0 Å². The maximum absolute atomic E-state index is 12.4. The van der Waals surface area contributed by atoms with Crippen LogP contribution in [0.5, 0.6) is 0 Å². The maximum Gasteiger partial charge on any atom is 0.230 e. The van der Waals surface area contributed by atoms with Gasteiger partial charge in [0.25, 0.3) is 0 Å². The van der Waals surface area contributed by atoms with Crippen molar-refractivity contribution in [3.63, 3.8) is 0 Å². The molecule has 1 fully saturated rings. The van der Waals surface area contributed by atoms with Crippen LogP contribution in [-0.2, 0) is 11.3 Å². The van der Waals surface area contributed by atoms with Crippen LogP contribution in [-0.4, -0.2) is 52.1 Å². The van der Waals surface area contributed by atoms with Gasteiger partial charge >= 0.3 is 0 Å². The van der Waals surface area contributed by atoms with E-state index in [0.717, 1.165) is 39.0 Å². The Kier molecular flexibility index (Phi) is 5.94. The number of hydrogen-bond acceptors (Lipinski definition) is 5. The summed E-state index contributed by atoms with van der Waals surface area (Å²) < 4.78 is 5.65. The van der Waals surface area contributed by atoms with E-state index < -0.39 is 0 Å². The van der Waals surface area contributed by atoms with Crippen molar-refractivity contribution in [2.75, 3.05) is 26.2 Å². The Morgan fingerprint density at radius 2 is 1.77 bits per heavy atom. The first-order chi connectivity index (χ1) is 10.5. The Morgan fingerprint density at radius 3 is 2.27 bits per heavy atom. The monoisotopic (exact) mass is 308 g/mol. The summed E-state index contributed by atoms with van der Waals surface area (Å²) in [6.45, 7) is 12.2. The minimum absolute atomic E-state index is 0.177. The van der Waals surface area contributed by atoms with Gasteiger partial charge in [0.05, 0.1) is 6.54 Å². The van der Waals surface area contributed by atoms with Crippen molar-refractivity contribution in [2.45, 2.75) is 53.0 Å². The minimum atomic E-state index is 0.177. The van der Waals surface area contributed by atoms with Gasteiger partial charge in [-0.25, -0.2) is 0 Å². The molecule has 0 aliphatic carbocycles. The molecule has 124 valence electrons. The summed E-state index contributed by atoms with van der Waals surface area (Å²) in [6.07, 6.45) is 1.85. The lowest BCUT2D eigenvalue weighted by Crippen LogP contribution is -2.49. The van der Waals surface area contributed by atoms with E-state index in [4.69, 9.17) is 4.42 Å². The van der Waals surface area contributed by atoms with Crippen LogP contribution < -0.4 is 0 Å². The van der Waals surface area contributed by atoms with Gasteiger partial charge in [-0.2, -0.15) is 0 Å². The number of aromatic nitrogens is 2. The molecule has 6 heteroatoms. The molecule has 0 aromatic carbocycles. The number of rotatable bonds is 6. The molecule has 0 radical (unpaired) electrons. The summed E-state index contributed by atoms with van der Waals surface area (Å²) in [5, 5.41) is 8.16. The molecule has 6 nitrogen and oxygen atoms in total. The average Bonchev–Trinajstić information content (AvgIpc) is 2.98. The molecule has 1 saturated heterocycles. The van der Waals surface area contributed by atoms with E-state index in [0.29, 0.717) is 24.2 Å². The van der Waals surface area contributed by atoms with Crippen molar-refractivity contribution in [3.8, 4) is 0 Å². The first-order valence-electron chi connectivity index (χ1n) is 8.38. The molecule has 0 spiro atoms. The van der Waals surface area contributed by atoms with Gasteiger partial charge in [-0.05, 0) is 12.8 Å². The number of hydrogen-bond donors (Lipinski definition) is 0. The van der Waals surface area contributed by atoms with Gasteiger partial charge in [-0.1, -0.05) is 27.7 Å². The van der Waals surface area contributed by atoms with E-state index >= 15 is 0 Å². The number of carbonyl (C=O) groups is 1. The van der Waals surface area contributed by atoms with Crippen LogP contribution in [0.3, 0.4) is 0 Å². The lowest BCUT2D eigenvalue weighted by Gasteiger charge is -2.35. The third kappa shape index (κ3) is 4.06. The van der Waals surface area contributed by atoms with Gasteiger partial charge in [0.15, 0.2) is 0 Å². The molecule has 2 rings (SSSR count). The second-order valence-corrected chi connectivity index (χ2v) is 6.30. The Balaban J connectivity index is 1.82. The van der Waals surface area contributed by atoms with Crippen molar-refractivity contribution in [2.24, 2.45) is 5.92 Å². The third-order valence-corrected chi connectivity index (χ3v) is 4.35. The summed E-state index contributed by atoms with van der Waals surface area (Å²) in [7, 11) is 0. The highest BCUT2D eigenvalue weighted by Gasteiger charge is 2.26. The van der Waals surface area contributed by atoms with E-state index in [1.807, 2.05) is 18.7 Å². The maximum atomic E-state index is 12.4. The Morgan fingerprint density at radius 1 is 1.14 bits per heavy atom. The molecular formula is C16H28N4O2. The van der Waals surface area contributed by atoms with Gasteiger partial charge < -0.3 is 9.32 Å². The zero-order valence-corrected chi connectivity index (χ0v) is 14.2. The van der Waals surface area contributed by atoms with Crippen LogP contribution in [0.1, 0.15) is 58.2 Å². The molecule has 0 bridgehead atoms. The summed E-state index contributed by atoms with van der Waals surface area (Å²) in [6, 6.07) is 0. The number of carbonyl (C=O) groups excluding carboxylic acids is 1. The molecule has 0 unspecified atom stereocenters. The molecule has 1 aliphatic heterocycles. The molecule has 22 heavy (non-hydrogen) atoms. The van der Waals surface area contributed by atoms with Crippen LogP contribution in [0, 0.1) is 5.92 Å². The topological polar surface area (TPSA) is 62.5 Å². The Hall–Kier alpha value is -1.43. The second kappa shape index (κ2) is 7.72. The van der Waals surface area contributed by atoms with Gasteiger partial charge in [-0.15, -0.1) is 10.2 Å². The van der Waals surface area contributed by atoms with Crippen molar-refractivity contribution < 1.29 is 9.21 Å². The average molecular weight is 308 g/mol. The highest BCUT2D eigenvalue weighted by Crippen LogP contribution is 2.16. The molecule has 0 N–H and O–H groups in total. The fourth-order valence-corrected chi connectivity index (χ4v) is 2.78. The minimum Gasteiger partial charge on any atom is -0.424 e. The van der Waals surface area contributed by atoms with E-state index in [2.05, 4.69) is 28.9 Å². The normalized spacial score (nSPS) is 16.7. The van der Waals surface area contributed by atoms with Gasteiger partial charge in [0.1, 0.15) is 0 Å². The van der Waals surface area contributed by atoms with Crippen molar-refractivity contribution >= 4 is 5.91 Å². The highest BCUT2D eigenvalue weighted by molar-refractivity contribution is 5.78. The van der Waals surface area contributed by atoms with Gasteiger partial charge in [0, 0.05) is 38.0 Å². The standard InChI is InChI=1S/C16H28N4O2/c1-5-13(6-2)16(21)20-9-7-19(8-10-20)11-14-17-18-15(22-14)12(3)4/h12-13H,5-11H2,1-4H3. The molecule has 0 atom stereocenters. The van der Waals surface area contributed by atoms with Gasteiger partial charge in [0.2, 0.25) is 17.7 Å². The predicted octanol–water partition coefficient (Wildman–Crippen LogP) is 2.27. The fraction of sp³-hybridized carbons (Fsp3) is 0.812. The van der Waals surface area contributed by atoms with Crippen molar-refractivity contribution in [1.82, 2.24) is 20.0 Å². The van der Waals surface area contributed by atoms with Crippen LogP contribution in [0.4, 0.5) is 0 Å². The summed E-state index contributed by atoms with van der Waals surface area (Å²) >= 11 is 0. The quantitative estimate of drug-likeness (QED) is 0.807. The smallest absolute Gasteiger partial charge is 0.230 e. The molecule has 0 saturated carbocycles. The van der Waals surface area contributed by atoms with Crippen molar-refractivity contribution in [3.05, 3.63) is 11.8 Å². The van der Waals surface area contributed by atoms with Crippen LogP contribution in [0.15, 0.2) is 4.42 Å². The first kappa shape index (κ1) is 16.9. The molecule has 1 aromatic rings. The van der Waals surface area contributed by atoms with E-state index in [9.17, 15) is 4.79 Å². The van der Waals surface area contributed by atoms with Crippen LogP contribution in [0.25, 0.3) is 0 Å². The predicted molar refractivity (Wildman–Crippen MR) is 84.3 cm³/mol. The first-order valence-corrected chi connectivity index (χ1v) is 8.38. The molecule has 1 amide bonds. The lowest BCUT2D eigenvalue weighted by atomic mass is 10.0. The number of amides is 1.